The molecule has 0 saturated heterocycles. The summed E-state index contributed by atoms with van der Waals surface area (Å²) in [4.78, 5) is 3.46. The molecule has 0 bridgehead atoms. The fourth-order valence-electron chi connectivity index (χ4n) is 1.93. The molecular formula is C14H17NOS3. The Morgan fingerprint density at radius 3 is 2.47 bits per heavy atom. The summed E-state index contributed by atoms with van der Waals surface area (Å²) < 4.78 is 0.915. The first-order valence-corrected chi connectivity index (χ1v) is 8.84. The van der Waals surface area contributed by atoms with Crippen molar-refractivity contribution in [2.45, 2.75) is 20.4 Å². The third kappa shape index (κ3) is 3.63. The summed E-state index contributed by atoms with van der Waals surface area (Å²) in [7, 11) is 3.31. The largest absolute Gasteiger partial charge is 0.508 e. The molecule has 0 atom stereocenters. The summed E-state index contributed by atoms with van der Waals surface area (Å²) >= 11 is 5.17. The van der Waals surface area contributed by atoms with Crippen molar-refractivity contribution in [2.24, 2.45) is 0 Å². The van der Waals surface area contributed by atoms with E-state index in [9.17, 15) is 5.11 Å². The van der Waals surface area contributed by atoms with Gasteiger partial charge in [-0.2, -0.15) is 0 Å². The first kappa shape index (κ1) is 14.7. The molecule has 0 amide bonds. The van der Waals surface area contributed by atoms with Gasteiger partial charge in [0.1, 0.15) is 9.57 Å². The number of phenols is 1. The lowest BCUT2D eigenvalue weighted by Crippen LogP contribution is -2.22. The normalized spacial score (nSPS) is 11.1. The number of phenolic OH excluding ortho intramolecular Hbond substituents is 1. The van der Waals surface area contributed by atoms with E-state index >= 15 is 0 Å². The van der Waals surface area contributed by atoms with Gasteiger partial charge in [-0.1, -0.05) is 46.7 Å². The quantitative estimate of drug-likeness (QED) is 0.636. The van der Waals surface area contributed by atoms with Gasteiger partial charge < -0.3 is 5.11 Å². The van der Waals surface area contributed by atoms with Gasteiger partial charge in [0.2, 0.25) is 0 Å². The predicted octanol–water partition coefficient (Wildman–Crippen LogP) is 4.75. The number of rotatable bonds is 5. The number of nitrogens with zero attached hydrogens (tertiary/aromatic N) is 1. The second-order valence-electron chi connectivity index (χ2n) is 4.30. The average molecular weight is 311 g/mol. The van der Waals surface area contributed by atoms with Crippen LogP contribution in [0.2, 0.25) is 0 Å². The van der Waals surface area contributed by atoms with Crippen LogP contribution in [0.3, 0.4) is 0 Å². The summed E-state index contributed by atoms with van der Waals surface area (Å²) in [5.74, 6) is 0.370. The first-order valence-electron chi connectivity index (χ1n) is 6.28. The highest BCUT2D eigenvalue weighted by Gasteiger charge is 2.09. The Labute approximate surface area is 126 Å². The molecule has 102 valence electrons. The molecule has 1 heterocycles. The monoisotopic (exact) mass is 311 g/mol. The van der Waals surface area contributed by atoms with E-state index in [4.69, 9.17) is 12.2 Å². The summed E-state index contributed by atoms with van der Waals surface area (Å²) in [6.07, 6.45) is 0. The topological polar surface area (TPSA) is 23.5 Å². The van der Waals surface area contributed by atoms with Crippen molar-refractivity contribution in [2.75, 3.05) is 13.1 Å². The zero-order valence-electron chi connectivity index (χ0n) is 11.0. The SMILES string of the molecule is CCN(CC)Cc1cc(-c2cc(=S)ss2)ccc1O. The highest BCUT2D eigenvalue weighted by Crippen LogP contribution is 2.32. The van der Waals surface area contributed by atoms with E-state index in [1.54, 1.807) is 26.7 Å². The molecule has 0 fully saturated rings. The van der Waals surface area contributed by atoms with E-state index in [1.807, 2.05) is 12.1 Å². The van der Waals surface area contributed by atoms with Gasteiger partial charge in [0.15, 0.2) is 0 Å². The number of hydrogen-bond donors (Lipinski definition) is 1. The molecule has 5 heteroatoms. The van der Waals surface area contributed by atoms with Crippen LogP contribution >= 0.6 is 32.9 Å². The van der Waals surface area contributed by atoms with Crippen molar-refractivity contribution in [3.63, 3.8) is 0 Å². The van der Waals surface area contributed by atoms with Gasteiger partial charge in [-0.25, -0.2) is 0 Å². The molecule has 2 aromatic rings. The molecule has 0 saturated carbocycles. The Morgan fingerprint density at radius 2 is 1.89 bits per heavy atom. The van der Waals surface area contributed by atoms with Crippen molar-refractivity contribution < 1.29 is 5.11 Å². The molecule has 0 aliphatic rings. The molecule has 19 heavy (non-hydrogen) atoms. The van der Waals surface area contributed by atoms with E-state index in [2.05, 4.69) is 24.8 Å². The van der Waals surface area contributed by atoms with Crippen LogP contribution in [0.1, 0.15) is 19.4 Å². The molecule has 0 radical (unpaired) electrons. The molecule has 1 aromatic carbocycles. The van der Waals surface area contributed by atoms with Gasteiger partial charge in [0.05, 0.1) is 0 Å². The summed E-state index contributed by atoms with van der Waals surface area (Å²) in [5.41, 5.74) is 2.11. The molecule has 2 rings (SSSR count). The highest BCUT2D eigenvalue weighted by molar-refractivity contribution is 7.80. The lowest BCUT2D eigenvalue weighted by atomic mass is 10.1. The molecule has 2 nitrogen and oxygen atoms in total. The molecule has 0 aliphatic heterocycles. The fourth-order valence-corrected chi connectivity index (χ4v) is 4.32. The van der Waals surface area contributed by atoms with Crippen LogP contribution in [0.25, 0.3) is 10.4 Å². The van der Waals surface area contributed by atoms with Crippen LogP contribution in [-0.4, -0.2) is 23.1 Å². The Hall–Kier alpha value is -0.750. The van der Waals surface area contributed by atoms with Gasteiger partial charge in [-0.15, -0.1) is 0 Å². The van der Waals surface area contributed by atoms with Crippen molar-refractivity contribution >= 4 is 32.9 Å². The third-order valence-corrected chi connectivity index (χ3v) is 6.03. The molecule has 0 aliphatic carbocycles. The number of aromatic hydroxyl groups is 1. The Morgan fingerprint density at radius 1 is 1.16 bits per heavy atom. The molecule has 1 aromatic heterocycles. The number of hydrogen-bond acceptors (Lipinski definition) is 5. The second kappa shape index (κ2) is 6.61. The summed E-state index contributed by atoms with van der Waals surface area (Å²) in [6, 6.07) is 7.83. The summed E-state index contributed by atoms with van der Waals surface area (Å²) in [6.45, 7) is 7.01. The maximum absolute atomic E-state index is 9.99. The van der Waals surface area contributed by atoms with Gasteiger partial charge in [0, 0.05) is 17.0 Å². The van der Waals surface area contributed by atoms with Gasteiger partial charge in [-0.05, 0) is 42.9 Å². The maximum atomic E-state index is 9.99. The van der Waals surface area contributed by atoms with Crippen molar-refractivity contribution in [1.82, 2.24) is 4.90 Å². The molecular weight excluding hydrogens is 294 g/mol. The lowest BCUT2D eigenvalue weighted by molar-refractivity contribution is 0.291. The van der Waals surface area contributed by atoms with Gasteiger partial charge in [-0.3, -0.25) is 4.90 Å². The van der Waals surface area contributed by atoms with Crippen molar-refractivity contribution in [3.05, 3.63) is 33.7 Å². The Bertz CT molecular complexity index is 599. The lowest BCUT2D eigenvalue weighted by Gasteiger charge is -2.19. The van der Waals surface area contributed by atoms with Crippen LogP contribution in [0.15, 0.2) is 24.3 Å². The Kier molecular flexibility index (Phi) is 5.10. The Balaban J connectivity index is 2.31. The van der Waals surface area contributed by atoms with E-state index in [0.29, 0.717) is 5.75 Å². The summed E-state index contributed by atoms with van der Waals surface area (Å²) in [5, 5.41) is 9.99. The first-order chi connectivity index (χ1) is 9.13. The molecule has 1 N–H and O–H groups in total. The highest BCUT2D eigenvalue weighted by atomic mass is 32.9. The van der Waals surface area contributed by atoms with Crippen molar-refractivity contribution in [1.29, 1.82) is 0 Å². The van der Waals surface area contributed by atoms with Crippen LogP contribution in [-0.2, 0) is 6.54 Å². The van der Waals surface area contributed by atoms with E-state index in [1.165, 1.54) is 4.88 Å². The third-order valence-electron chi connectivity index (χ3n) is 3.11. The minimum atomic E-state index is 0.370. The van der Waals surface area contributed by atoms with Crippen molar-refractivity contribution in [3.8, 4) is 16.2 Å². The standard InChI is InChI=1S/C14H17NOS3/c1-3-15(4-2)9-11-7-10(5-6-12(11)16)13-8-14(17)19-18-13/h5-8,16H,3-4,9H2,1-2H3. The van der Waals surface area contributed by atoms with Gasteiger partial charge in [0.25, 0.3) is 0 Å². The number of benzene rings is 1. The zero-order valence-corrected chi connectivity index (χ0v) is 13.5. The minimum absolute atomic E-state index is 0.370. The van der Waals surface area contributed by atoms with Crippen LogP contribution < -0.4 is 0 Å². The molecule has 0 unspecified atom stereocenters. The second-order valence-corrected chi connectivity index (χ2v) is 7.21. The minimum Gasteiger partial charge on any atom is -0.508 e. The average Bonchev–Trinajstić information content (AvgIpc) is 2.84. The maximum Gasteiger partial charge on any atom is 0.120 e. The fraction of sp³-hybridized carbons (Fsp3) is 0.357. The predicted molar refractivity (Wildman–Crippen MR) is 86.8 cm³/mol. The zero-order chi connectivity index (χ0) is 13.8. The van der Waals surface area contributed by atoms with E-state index < -0.39 is 0 Å². The van der Waals surface area contributed by atoms with E-state index in [-0.39, 0.29) is 0 Å². The smallest absolute Gasteiger partial charge is 0.120 e. The van der Waals surface area contributed by atoms with Crippen LogP contribution in [0, 0.1) is 3.82 Å². The molecule has 0 spiro atoms. The van der Waals surface area contributed by atoms with E-state index in [0.717, 1.165) is 34.6 Å². The van der Waals surface area contributed by atoms with Gasteiger partial charge >= 0.3 is 0 Å². The van der Waals surface area contributed by atoms with Crippen LogP contribution in [0.5, 0.6) is 5.75 Å². The van der Waals surface area contributed by atoms with Crippen LogP contribution in [0.4, 0.5) is 0 Å².